The largest absolute Gasteiger partial charge is 0.250 e. The molecule has 0 bridgehead atoms. The molecule has 0 radical (unpaired) electrons. The Labute approximate surface area is 125 Å². The fraction of sp³-hybridized carbons (Fsp3) is 0.636. The maximum absolute atomic E-state index is 12.1. The summed E-state index contributed by atoms with van der Waals surface area (Å²) < 4.78 is 28.2. The van der Waals surface area contributed by atoms with Gasteiger partial charge < -0.3 is 0 Å². The van der Waals surface area contributed by atoms with E-state index in [1.807, 2.05) is 18.7 Å². The van der Waals surface area contributed by atoms with Crippen molar-refractivity contribution in [2.75, 3.05) is 12.3 Å². The summed E-state index contributed by atoms with van der Waals surface area (Å²) in [6.45, 7) is 2.44. The highest BCUT2D eigenvalue weighted by molar-refractivity contribution is 9.11. The highest BCUT2D eigenvalue weighted by Gasteiger charge is 2.21. The molecule has 102 valence electrons. The van der Waals surface area contributed by atoms with E-state index in [-0.39, 0.29) is 0 Å². The van der Waals surface area contributed by atoms with E-state index in [2.05, 4.69) is 20.7 Å². The number of thioether (sulfide) groups is 1. The molecule has 7 heteroatoms. The molecular formula is C11H16BrNO2S3. The predicted molar refractivity (Wildman–Crippen MR) is 82.0 cm³/mol. The highest BCUT2D eigenvalue weighted by Crippen LogP contribution is 2.31. The molecule has 1 aliphatic rings. The first-order valence-corrected chi connectivity index (χ1v) is 10.0. The zero-order chi connectivity index (χ0) is 13.2. The summed E-state index contributed by atoms with van der Waals surface area (Å²) in [7, 11) is -3.34. The molecule has 1 saturated heterocycles. The topological polar surface area (TPSA) is 46.2 Å². The third kappa shape index (κ3) is 3.72. The molecule has 1 fully saturated rings. The summed E-state index contributed by atoms with van der Waals surface area (Å²) in [5.74, 6) is 1.15. The monoisotopic (exact) mass is 369 g/mol. The van der Waals surface area contributed by atoms with Crippen LogP contribution in [0.4, 0.5) is 0 Å². The molecule has 2 heterocycles. The van der Waals surface area contributed by atoms with Crippen LogP contribution in [0.1, 0.15) is 24.8 Å². The Kier molecular flexibility index (Phi) is 5.16. The molecule has 1 aromatic heterocycles. The van der Waals surface area contributed by atoms with Crippen molar-refractivity contribution < 1.29 is 8.42 Å². The standard InChI is InChI=1S/C11H16BrNO2S3/c1-8-6-10(17-11(8)12)18(14,15)13-7-9-4-2-3-5-16-9/h6,9,13H,2-5,7H2,1H3. The maximum Gasteiger partial charge on any atom is 0.250 e. The predicted octanol–water partition coefficient (Wildman–Crippen LogP) is 3.38. The van der Waals surface area contributed by atoms with Gasteiger partial charge in [0.1, 0.15) is 4.21 Å². The van der Waals surface area contributed by atoms with Crippen molar-refractivity contribution in [3.8, 4) is 0 Å². The first-order valence-electron chi connectivity index (χ1n) is 5.86. The normalized spacial score (nSPS) is 21.1. The van der Waals surface area contributed by atoms with Crippen molar-refractivity contribution in [1.82, 2.24) is 4.72 Å². The van der Waals surface area contributed by atoms with Gasteiger partial charge in [-0.05, 0) is 53.1 Å². The molecule has 3 nitrogen and oxygen atoms in total. The van der Waals surface area contributed by atoms with Gasteiger partial charge in [0.15, 0.2) is 0 Å². The lowest BCUT2D eigenvalue weighted by atomic mass is 10.2. The molecular weight excluding hydrogens is 354 g/mol. The van der Waals surface area contributed by atoms with Gasteiger partial charge in [-0.1, -0.05) is 6.42 Å². The van der Waals surface area contributed by atoms with E-state index in [9.17, 15) is 8.42 Å². The van der Waals surface area contributed by atoms with Crippen LogP contribution in [0, 0.1) is 6.92 Å². The van der Waals surface area contributed by atoms with Crippen molar-refractivity contribution in [3.63, 3.8) is 0 Å². The molecule has 18 heavy (non-hydrogen) atoms. The van der Waals surface area contributed by atoms with Gasteiger partial charge in [-0.2, -0.15) is 11.8 Å². The van der Waals surface area contributed by atoms with Crippen molar-refractivity contribution in [1.29, 1.82) is 0 Å². The quantitative estimate of drug-likeness (QED) is 0.884. The summed E-state index contributed by atoms with van der Waals surface area (Å²) in [5, 5.41) is 0.429. The summed E-state index contributed by atoms with van der Waals surface area (Å²) in [6, 6.07) is 1.71. The lowest BCUT2D eigenvalue weighted by Crippen LogP contribution is -2.31. The molecule has 0 aromatic carbocycles. The molecule has 2 rings (SSSR count). The average Bonchev–Trinajstić information content (AvgIpc) is 2.70. The SMILES string of the molecule is Cc1cc(S(=O)(=O)NCC2CCCCS2)sc1Br. The van der Waals surface area contributed by atoms with E-state index in [1.165, 1.54) is 24.2 Å². The average molecular weight is 370 g/mol. The Hall–Kier alpha value is 0.440. The van der Waals surface area contributed by atoms with Gasteiger partial charge in [-0.3, -0.25) is 0 Å². The number of sulfonamides is 1. The van der Waals surface area contributed by atoms with Gasteiger partial charge in [0.05, 0.1) is 3.79 Å². The number of rotatable bonds is 4. The van der Waals surface area contributed by atoms with Crippen LogP contribution in [-0.4, -0.2) is 26.0 Å². The fourth-order valence-corrected chi connectivity index (χ4v) is 6.50. The summed E-state index contributed by atoms with van der Waals surface area (Å²) in [5.41, 5.74) is 0.965. The zero-order valence-electron chi connectivity index (χ0n) is 10.1. The summed E-state index contributed by atoms with van der Waals surface area (Å²) >= 11 is 6.50. The Morgan fingerprint density at radius 1 is 1.50 bits per heavy atom. The maximum atomic E-state index is 12.1. The Balaban J connectivity index is 1.98. The van der Waals surface area contributed by atoms with Gasteiger partial charge >= 0.3 is 0 Å². The van der Waals surface area contributed by atoms with Gasteiger partial charge in [0.25, 0.3) is 0 Å². The number of halogens is 1. The molecule has 0 amide bonds. The Bertz CT molecular complexity index is 487. The van der Waals surface area contributed by atoms with Crippen LogP contribution in [-0.2, 0) is 10.0 Å². The molecule has 1 aromatic rings. The molecule has 1 unspecified atom stereocenters. The van der Waals surface area contributed by atoms with Crippen LogP contribution in [0.3, 0.4) is 0 Å². The molecule has 0 aliphatic carbocycles. The van der Waals surface area contributed by atoms with Crippen LogP contribution in [0.15, 0.2) is 14.1 Å². The highest BCUT2D eigenvalue weighted by atomic mass is 79.9. The van der Waals surface area contributed by atoms with E-state index in [1.54, 1.807) is 6.07 Å². The van der Waals surface area contributed by atoms with E-state index >= 15 is 0 Å². The van der Waals surface area contributed by atoms with Crippen LogP contribution in [0.25, 0.3) is 0 Å². The first-order chi connectivity index (χ1) is 8.49. The summed E-state index contributed by atoms with van der Waals surface area (Å²) in [6.07, 6.45) is 3.58. The number of hydrogen-bond acceptors (Lipinski definition) is 4. The minimum Gasteiger partial charge on any atom is -0.209 e. The smallest absolute Gasteiger partial charge is 0.209 e. The third-order valence-electron chi connectivity index (χ3n) is 2.87. The van der Waals surface area contributed by atoms with Crippen LogP contribution < -0.4 is 4.72 Å². The van der Waals surface area contributed by atoms with Gasteiger partial charge in [-0.25, -0.2) is 13.1 Å². The lowest BCUT2D eigenvalue weighted by Gasteiger charge is -2.21. The Morgan fingerprint density at radius 2 is 2.28 bits per heavy atom. The second-order valence-electron chi connectivity index (χ2n) is 4.36. The van der Waals surface area contributed by atoms with E-state index < -0.39 is 10.0 Å². The van der Waals surface area contributed by atoms with E-state index in [4.69, 9.17) is 0 Å². The molecule has 1 N–H and O–H groups in total. The minimum absolute atomic E-state index is 0.396. The van der Waals surface area contributed by atoms with E-state index in [0.29, 0.717) is 16.0 Å². The first kappa shape index (κ1) is 14.8. The van der Waals surface area contributed by atoms with Crippen molar-refractivity contribution in [3.05, 3.63) is 15.4 Å². The van der Waals surface area contributed by atoms with Crippen LogP contribution in [0.5, 0.6) is 0 Å². The summed E-state index contributed by atoms with van der Waals surface area (Å²) in [4.78, 5) is 0. The van der Waals surface area contributed by atoms with Crippen LogP contribution in [0.2, 0.25) is 0 Å². The molecule has 1 aliphatic heterocycles. The number of nitrogens with one attached hydrogen (secondary N) is 1. The van der Waals surface area contributed by atoms with Gasteiger partial charge in [0, 0.05) is 11.8 Å². The molecule has 0 saturated carbocycles. The Morgan fingerprint density at radius 3 is 2.83 bits per heavy atom. The van der Waals surface area contributed by atoms with Gasteiger partial charge in [-0.15, -0.1) is 11.3 Å². The third-order valence-corrected chi connectivity index (χ3v) is 8.31. The zero-order valence-corrected chi connectivity index (χ0v) is 14.1. The number of aryl methyl sites for hydroxylation is 1. The second kappa shape index (κ2) is 6.26. The second-order valence-corrected chi connectivity index (χ2v) is 10.1. The number of thiophene rings is 1. The van der Waals surface area contributed by atoms with Crippen molar-refractivity contribution in [2.24, 2.45) is 0 Å². The van der Waals surface area contributed by atoms with Crippen LogP contribution >= 0.6 is 39.0 Å². The van der Waals surface area contributed by atoms with Gasteiger partial charge in [0.2, 0.25) is 10.0 Å². The molecule has 1 atom stereocenters. The van der Waals surface area contributed by atoms with Crippen molar-refractivity contribution in [2.45, 2.75) is 35.6 Å². The lowest BCUT2D eigenvalue weighted by molar-refractivity contribution is 0.575. The van der Waals surface area contributed by atoms with E-state index in [0.717, 1.165) is 21.5 Å². The molecule has 0 spiro atoms. The fourth-order valence-electron chi connectivity index (χ4n) is 1.81. The van der Waals surface area contributed by atoms with Crippen molar-refractivity contribution >= 4 is 49.1 Å². The number of hydrogen-bond donors (Lipinski definition) is 1. The minimum atomic E-state index is -3.34.